The van der Waals surface area contributed by atoms with Gasteiger partial charge in [0, 0.05) is 11.1 Å². The Labute approximate surface area is 113 Å². The Morgan fingerprint density at radius 3 is 2.32 bits per heavy atom. The highest BCUT2D eigenvalue weighted by molar-refractivity contribution is 5.52. The molecular weight excluding hydrogens is 245 g/mol. The largest absolute Gasteiger partial charge is 0.493 e. The standard InChI is InChI=1S/C15H22FNO2/c1-14(2,16)11-7-10(9-15(17)5-6-15)8-12(18-3)13(11)19-4/h7-8H,5-6,9,17H2,1-4H3. The van der Waals surface area contributed by atoms with Crippen LogP contribution in [0.15, 0.2) is 12.1 Å². The Hall–Kier alpha value is -1.29. The van der Waals surface area contributed by atoms with Crippen molar-refractivity contribution in [2.75, 3.05) is 14.2 Å². The third-order valence-electron chi connectivity index (χ3n) is 3.63. The van der Waals surface area contributed by atoms with Crippen molar-refractivity contribution in [1.82, 2.24) is 0 Å². The molecule has 0 aliphatic heterocycles. The van der Waals surface area contributed by atoms with E-state index in [1.54, 1.807) is 7.11 Å². The summed E-state index contributed by atoms with van der Waals surface area (Å²) >= 11 is 0. The normalized spacial score (nSPS) is 17.2. The van der Waals surface area contributed by atoms with Crippen LogP contribution in [-0.4, -0.2) is 19.8 Å². The van der Waals surface area contributed by atoms with Crippen molar-refractivity contribution in [2.45, 2.75) is 44.3 Å². The molecule has 2 rings (SSSR count). The molecule has 3 nitrogen and oxygen atoms in total. The summed E-state index contributed by atoms with van der Waals surface area (Å²) in [6.45, 7) is 3.03. The van der Waals surface area contributed by atoms with Gasteiger partial charge in [0.25, 0.3) is 0 Å². The van der Waals surface area contributed by atoms with E-state index in [-0.39, 0.29) is 5.54 Å². The van der Waals surface area contributed by atoms with Crippen LogP contribution in [-0.2, 0) is 12.1 Å². The third kappa shape index (κ3) is 3.00. The van der Waals surface area contributed by atoms with Gasteiger partial charge in [-0.25, -0.2) is 4.39 Å². The first kappa shape index (κ1) is 14.1. The number of halogens is 1. The zero-order valence-electron chi connectivity index (χ0n) is 12.0. The number of benzene rings is 1. The van der Waals surface area contributed by atoms with Gasteiger partial charge in [-0.05, 0) is 50.8 Å². The minimum Gasteiger partial charge on any atom is -0.493 e. The van der Waals surface area contributed by atoms with Gasteiger partial charge in [0.05, 0.1) is 14.2 Å². The summed E-state index contributed by atoms with van der Waals surface area (Å²) < 4.78 is 25.0. The number of hydrogen-bond donors (Lipinski definition) is 1. The second-order valence-corrected chi connectivity index (χ2v) is 5.89. The van der Waals surface area contributed by atoms with E-state index in [4.69, 9.17) is 15.2 Å². The van der Waals surface area contributed by atoms with Crippen molar-refractivity contribution in [3.63, 3.8) is 0 Å². The number of rotatable bonds is 5. The molecule has 0 amide bonds. The molecule has 1 aliphatic carbocycles. The molecule has 0 unspecified atom stereocenters. The number of alkyl halides is 1. The van der Waals surface area contributed by atoms with E-state index in [1.807, 2.05) is 12.1 Å². The van der Waals surface area contributed by atoms with Gasteiger partial charge in [0.1, 0.15) is 5.67 Å². The van der Waals surface area contributed by atoms with Crippen LogP contribution in [0.1, 0.15) is 37.8 Å². The van der Waals surface area contributed by atoms with Crippen LogP contribution in [0, 0.1) is 0 Å². The van der Waals surface area contributed by atoms with Gasteiger partial charge < -0.3 is 15.2 Å². The van der Waals surface area contributed by atoms with Crippen molar-refractivity contribution >= 4 is 0 Å². The molecule has 106 valence electrons. The molecule has 19 heavy (non-hydrogen) atoms. The van der Waals surface area contributed by atoms with Gasteiger partial charge in [-0.15, -0.1) is 0 Å². The van der Waals surface area contributed by atoms with E-state index < -0.39 is 5.67 Å². The Kier molecular flexibility index (Phi) is 3.47. The monoisotopic (exact) mass is 267 g/mol. The molecule has 1 fully saturated rings. The molecule has 0 bridgehead atoms. The Morgan fingerprint density at radius 1 is 1.26 bits per heavy atom. The molecule has 0 spiro atoms. The van der Waals surface area contributed by atoms with E-state index in [1.165, 1.54) is 21.0 Å². The smallest absolute Gasteiger partial charge is 0.167 e. The number of hydrogen-bond acceptors (Lipinski definition) is 3. The van der Waals surface area contributed by atoms with E-state index >= 15 is 0 Å². The molecule has 2 N–H and O–H groups in total. The molecule has 1 aliphatic rings. The van der Waals surface area contributed by atoms with Crippen molar-refractivity contribution in [2.24, 2.45) is 5.73 Å². The summed E-state index contributed by atoms with van der Waals surface area (Å²) in [6, 6.07) is 3.73. The van der Waals surface area contributed by atoms with Crippen LogP contribution >= 0.6 is 0 Å². The van der Waals surface area contributed by atoms with E-state index in [0.717, 1.165) is 24.8 Å². The second kappa shape index (κ2) is 4.67. The van der Waals surface area contributed by atoms with E-state index in [0.29, 0.717) is 17.1 Å². The fourth-order valence-electron chi connectivity index (χ4n) is 2.31. The van der Waals surface area contributed by atoms with Crippen molar-refractivity contribution in [3.05, 3.63) is 23.3 Å². The molecule has 0 atom stereocenters. The molecule has 0 heterocycles. The Balaban J connectivity index is 2.46. The lowest BCUT2D eigenvalue weighted by Gasteiger charge is -2.22. The van der Waals surface area contributed by atoms with Crippen LogP contribution in [0.25, 0.3) is 0 Å². The lowest BCUT2D eigenvalue weighted by atomic mass is 9.93. The Bertz CT molecular complexity index is 476. The maximum Gasteiger partial charge on any atom is 0.167 e. The van der Waals surface area contributed by atoms with Crippen molar-refractivity contribution in [1.29, 1.82) is 0 Å². The fraction of sp³-hybridized carbons (Fsp3) is 0.600. The first-order chi connectivity index (χ1) is 8.79. The summed E-state index contributed by atoms with van der Waals surface area (Å²) in [7, 11) is 3.09. The fourth-order valence-corrected chi connectivity index (χ4v) is 2.31. The van der Waals surface area contributed by atoms with Gasteiger partial charge in [-0.2, -0.15) is 0 Å². The van der Waals surface area contributed by atoms with Gasteiger partial charge in [-0.3, -0.25) is 0 Å². The van der Waals surface area contributed by atoms with Gasteiger partial charge in [-0.1, -0.05) is 0 Å². The first-order valence-electron chi connectivity index (χ1n) is 6.52. The van der Waals surface area contributed by atoms with E-state index in [2.05, 4.69) is 0 Å². The summed E-state index contributed by atoms with van der Waals surface area (Å²) in [5.74, 6) is 1.02. The summed E-state index contributed by atoms with van der Waals surface area (Å²) in [4.78, 5) is 0. The highest BCUT2D eigenvalue weighted by atomic mass is 19.1. The summed E-state index contributed by atoms with van der Waals surface area (Å²) in [6.07, 6.45) is 2.79. The second-order valence-electron chi connectivity index (χ2n) is 5.89. The van der Waals surface area contributed by atoms with Crippen LogP contribution in [0.4, 0.5) is 4.39 Å². The minimum absolute atomic E-state index is 0.114. The highest BCUT2D eigenvalue weighted by Gasteiger charge is 2.38. The van der Waals surface area contributed by atoms with Crippen molar-refractivity contribution < 1.29 is 13.9 Å². The van der Waals surface area contributed by atoms with Gasteiger partial charge in [0.2, 0.25) is 0 Å². The van der Waals surface area contributed by atoms with Crippen molar-refractivity contribution in [3.8, 4) is 11.5 Å². The maximum atomic E-state index is 14.3. The topological polar surface area (TPSA) is 44.5 Å². The number of ether oxygens (including phenoxy) is 2. The highest BCUT2D eigenvalue weighted by Crippen LogP contribution is 2.43. The summed E-state index contributed by atoms with van der Waals surface area (Å²) in [5.41, 5.74) is 6.04. The molecule has 1 aromatic carbocycles. The number of nitrogens with two attached hydrogens (primary N) is 1. The Morgan fingerprint density at radius 2 is 1.89 bits per heavy atom. The van der Waals surface area contributed by atoms with Crippen LogP contribution in [0.5, 0.6) is 11.5 Å². The molecule has 1 saturated carbocycles. The average Bonchev–Trinajstić information content (AvgIpc) is 3.04. The molecule has 0 saturated heterocycles. The first-order valence-corrected chi connectivity index (χ1v) is 6.52. The summed E-state index contributed by atoms with van der Waals surface area (Å²) in [5, 5.41) is 0. The lowest BCUT2D eigenvalue weighted by molar-refractivity contribution is 0.211. The molecule has 1 aromatic rings. The van der Waals surface area contributed by atoms with E-state index in [9.17, 15) is 4.39 Å². The van der Waals surface area contributed by atoms with Crippen LogP contribution < -0.4 is 15.2 Å². The van der Waals surface area contributed by atoms with Gasteiger partial charge in [0.15, 0.2) is 11.5 Å². The SMILES string of the molecule is COc1cc(CC2(N)CC2)cc(C(C)(C)F)c1OC. The molecule has 0 radical (unpaired) electrons. The maximum absolute atomic E-state index is 14.3. The number of methoxy groups -OCH3 is 2. The molecule has 4 heteroatoms. The van der Waals surface area contributed by atoms with Gasteiger partial charge >= 0.3 is 0 Å². The minimum atomic E-state index is -1.49. The molecular formula is C15H22FNO2. The van der Waals surface area contributed by atoms with Crippen LogP contribution in [0.3, 0.4) is 0 Å². The quantitative estimate of drug-likeness (QED) is 0.892. The lowest BCUT2D eigenvalue weighted by Crippen LogP contribution is -2.25. The zero-order chi connectivity index (χ0) is 14.3. The predicted molar refractivity (Wildman–Crippen MR) is 73.5 cm³/mol. The van der Waals surface area contributed by atoms with Crippen LogP contribution in [0.2, 0.25) is 0 Å². The third-order valence-corrected chi connectivity index (χ3v) is 3.63. The average molecular weight is 267 g/mol. The predicted octanol–water partition coefficient (Wildman–Crippen LogP) is 2.94. The molecule has 0 aromatic heterocycles. The zero-order valence-corrected chi connectivity index (χ0v) is 12.0.